The van der Waals surface area contributed by atoms with Crippen molar-refractivity contribution in [1.82, 2.24) is 0 Å². The molecule has 0 amide bonds. The summed E-state index contributed by atoms with van der Waals surface area (Å²) in [6.45, 7) is 5.80. The van der Waals surface area contributed by atoms with E-state index >= 15 is 0 Å². The summed E-state index contributed by atoms with van der Waals surface area (Å²) in [5.41, 5.74) is 0. The lowest BCUT2D eigenvalue weighted by Gasteiger charge is -2.27. The minimum absolute atomic E-state index is 0.694. The van der Waals surface area contributed by atoms with E-state index in [4.69, 9.17) is 9.47 Å². The summed E-state index contributed by atoms with van der Waals surface area (Å²) in [5, 5.41) is 0. The van der Waals surface area contributed by atoms with E-state index in [9.17, 15) is 0 Å². The minimum atomic E-state index is 0.694. The molecule has 0 radical (unpaired) electrons. The molecule has 0 aliphatic rings. The molecule has 0 heterocycles. The van der Waals surface area contributed by atoms with Crippen LogP contribution in [0.1, 0.15) is 0 Å². The maximum Gasteiger partial charge on any atom is 0.182 e. The van der Waals surface area contributed by atoms with E-state index in [1.165, 1.54) is 6.26 Å². The van der Waals surface area contributed by atoms with Gasteiger partial charge in [-0.05, 0) is 0 Å². The first kappa shape index (κ1) is 10.5. The lowest BCUT2D eigenvalue weighted by molar-refractivity contribution is -0.909. The third-order valence-corrected chi connectivity index (χ3v) is 1.41. The third kappa shape index (κ3) is 5.88. The molecule has 66 valence electrons. The van der Waals surface area contributed by atoms with Crippen LogP contribution in [0.5, 0.6) is 0 Å². The molecule has 0 saturated carbocycles. The molecule has 11 heavy (non-hydrogen) atoms. The molecule has 3 nitrogen and oxygen atoms in total. The van der Waals surface area contributed by atoms with Gasteiger partial charge in [-0.25, -0.2) is 0 Å². The van der Waals surface area contributed by atoms with E-state index in [0.29, 0.717) is 13.3 Å². The van der Waals surface area contributed by atoms with E-state index in [1.807, 2.05) is 0 Å². The first-order valence-electron chi connectivity index (χ1n) is 3.66. The fourth-order valence-corrected chi connectivity index (χ4v) is 0.797. The number of ether oxygens (including phenoxy) is 2. The van der Waals surface area contributed by atoms with Crippen LogP contribution in [0.3, 0.4) is 0 Å². The Kier molecular flexibility index (Phi) is 4.90. The van der Waals surface area contributed by atoms with Crippen molar-refractivity contribution in [3.05, 3.63) is 12.8 Å². The number of nitrogens with zero attached hydrogens (tertiary/aromatic N) is 1. The molecular weight excluding hydrogens is 142 g/mol. The Balaban J connectivity index is 3.45. The van der Waals surface area contributed by atoms with Crippen LogP contribution in [0.15, 0.2) is 12.8 Å². The average molecular weight is 160 g/mol. The molecule has 0 unspecified atom stereocenters. The van der Waals surface area contributed by atoms with Gasteiger partial charge in [0.15, 0.2) is 6.73 Å². The van der Waals surface area contributed by atoms with Crippen molar-refractivity contribution in [2.75, 3.05) is 41.1 Å². The zero-order chi connectivity index (χ0) is 8.74. The van der Waals surface area contributed by atoms with Crippen molar-refractivity contribution in [3.8, 4) is 0 Å². The minimum Gasteiger partial charge on any atom is -0.496 e. The predicted molar refractivity (Wildman–Crippen MR) is 45.0 cm³/mol. The Morgan fingerprint density at radius 2 is 2.09 bits per heavy atom. The molecule has 0 rings (SSSR count). The maximum atomic E-state index is 5.03. The molecule has 0 aromatic carbocycles. The van der Waals surface area contributed by atoms with Gasteiger partial charge in [-0.1, -0.05) is 6.58 Å². The molecule has 0 N–H and O–H groups in total. The van der Waals surface area contributed by atoms with Gasteiger partial charge in [0.05, 0.1) is 20.4 Å². The van der Waals surface area contributed by atoms with Crippen molar-refractivity contribution in [2.45, 2.75) is 0 Å². The van der Waals surface area contributed by atoms with Gasteiger partial charge >= 0.3 is 0 Å². The van der Waals surface area contributed by atoms with Crippen LogP contribution in [0, 0.1) is 0 Å². The van der Waals surface area contributed by atoms with Crippen LogP contribution < -0.4 is 0 Å². The maximum absolute atomic E-state index is 5.03. The topological polar surface area (TPSA) is 18.5 Å². The molecule has 0 aromatic heterocycles. The summed E-state index contributed by atoms with van der Waals surface area (Å²) in [6.07, 6.45) is 1.47. The quantitative estimate of drug-likeness (QED) is 0.248. The highest BCUT2D eigenvalue weighted by atomic mass is 16.5. The second kappa shape index (κ2) is 5.16. The average Bonchev–Trinajstić information content (AvgIpc) is 1.87. The van der Waals surface area contributed by atoms with E-state index < -0.39 is 0 Å². The van der Waals surface area contributed by atoms with Crippen LogP contribution >= 0.6 is 0 Å². The van der Waals surface area contributed by atoms with Crippen molar-refractivity contribution < 1.29 is 14.0 Å². The number of quaternary nitrogens is 1. The highest BCUT2D eigenvalue weighted by molar-refractivity contribution is 4.47. The Hall–Kier alpha value is -0.540. The molecule has 3 heteroatoms. The summed E-state index contributed by atoms with van der Waals surface area (Å²) >= 11 is 0. The fraction of sp³-hybridized carbons (Fsp3) is 0.750. The van der Waals surface area contributed by atoms with Crippen molar-refractivity contribution in [1.29, 1.82) is 0 Å². The van der Waals surface area contributed by atoms with Gasteiger partial charge in [0.25, 0.3) is 0 Å². The predicted octanol–water partition coefficient (Wildman–Crippen LogP) is 0.827. The lowest BCUT2D eigenvalue weighted by Crippen LogP contribution is -2.43. The van der Waals surface area contributed by atoms with E-state index in [-0.39, 0.29) is 0 Å². The number of methoxy groups -OCH3 is 1. The van der Waals surface area contributed by atoms with E-state index in [1.54, 1.807) is 7.11 Å². The van der Waals surface area contributed by atoms with Crippen LogP contribution in [0.2, 0.25) is 0 Å². The van der Waals surface area contributed by atoms with Gasteiger partial charge < -0.3 is 14.0 Å². The summed E-state index contributed by atoms with van der Waals surface area (Å²) in [5.74, 6) is 0. The summed E-state index contributed by atoms with van der Waals surface area (Å²) in [4.78, 5) is 0. The van der Waals surface area contributed by atoms with Crippen LogP contribution in [-0.2, 0) is 9.47 Å². The fourth-order valence-electron chi connectivity index (χ4n) is 0.797. The molecule has 0 aromatic rings. The molecule has 0 bridgehead atoms. The molecule has 0 fully saturated rings. The first-order valence-corrected chi connectivity index (χ1v) is 3.66. The first-order chi connectivity index (χ1) is 5.12. The van der Waals surface area contributed by atoms with Gasteiger partial charge in [0.1, 0.15) is 13.2 Å². The lowest BCUT2D eigenvalue weighted by atomic mass is 10.5. The monoisotopic (exact) mass is 160 g/mol. The zero-order valence-electron chi connectivity index (χ0n) is 7.67. The number of hydrogen-bond donors (Lipinski definition) is 0. The molecule has 0 aliphatic carbocycles. The second-order valence-electron chi connectivity index (χ2n) is 3.11. The van der Waals surface area contributed by atoms with Crippen molar-refractivity contribution >= 4 is 0 Å². The standard InChI is InChI=1S/C8H18NO2/c1-5-11-7-6-9(2,3)8-10-4/h5H,1,6-8H2,2-4H3/q+1. The highest BCUT2D eigenvalue weighted by Crippen LogP contribution is 1.95. The number of likely N-dealkylation sites (N-methyl/N-ethyl adjacent to an activating group) is 1. The number of hydrogen-bond acceptors (Lipinski definition) is 2. The molecular formula is C8H18NO2+. The third-order valence-electron chi connectivity index (χ3n) is 1.41. The SMILES string of the molecule is C=COCC[N+](C)(C)COC. The second-order valence-corrected chi connectivity index (χ2v) is 3.11. The highest BCUT2D eigenvalue weighted by Gasteiger charge is 2.12. The van der Waals surface area contributed by atoms with Gasteiger partial charge in [0, 0.05) is 7.11 Å². The van der Waals surface area contributed by atoms with Gasteiger partial charge in [-0.15, -0.1) is 0 Å². The normalized spacial score (nSPS) is 11.2. The van der Waals surface area contributed by atoms with Gasteiger partial charge in [0.2, 0.25) is 0 Å². The number of rotatable bonds is 6. The van der Waals surface area contributed by atoms with Crippen LogP contribution in [0.25, 0.3) is 0 Å². The zero-order valence-corrected chi connectivity index (χ0v) is 7.67. The summed E-state index contributed by atoms with van der Waals surface area (Å²) in [6, 6.07) is 0. The van der Waals surface area contributed by atoms with Gasteiger partial charge in [-0.3, -0.25) is 0 Å². The van der Waals surface area contributed by atoms with E-state index in [2.05, 4.69) is 20.7 Å². The Morgan fingerprint density at radius 3 is 2.55 bits per heavy atom. The molecule has 0 spiro atoms. The van der Waals surface area contributed by atoms with Gasteiger partial charge in [-0.2, -0.15) is 0 Å². The largest absolute Gasteiger partial charge is 0.496 e. The van der Waals surface area contributed by atoms with Crippen LogP contribution in [-0.4, -0.2) is 45.6 Å². The Labute approximate surface area is 68.8 Å². The van der Waals surface area contributed by atoms with Crippen molar-refractivity contribution in [2.24, 2.45) is 0 Å². The Morgan fingerprint density at radius 1 is 1.45 bits per heavy atom. The summed E-state index contributed by atoms with van der Waals surface area (Å²) in [7, 11) is 5.89. The molecule has 0 aliphatic heterocycles. The summed E-state index contributed by atoms with van der Waals surface area (Å²) < 4.78 is 10.8. The smallest absolute Gasteiger partial charge is 0.182 e. The molecule has 0 atom stereocenters. The molecule has 0 saturated heterocycles. The Bertz CT molecular complexity index is 113. The van der Waals surface area contributed by atoms with Crippen LogP contribution in [0.4, 0.5) is 0 Å². The van der Waals surface area contributed by atoms with Crippen molar-refractivity contribution in [3.63, 3.8) is 0 Å². The van der Waals surface area contributed by atoms with E-state index in [0.717, 1.165) is 11.0 Å².